The number of nitrogens with zero attached hydrogens (tertiary/aromatic N) is 2. The predicted octanol–water partition coefficient (Wildman–Crippen LogP) is 5.27. The van der Waals surface area contributed by atoms with Crippen LogP contribution < -0.4 is 18.9 Å². The molecule has 1 N–H and O–H groups in total. The van der Waals surface area contributed by atoms with Crippen LogP contribution in [0.2, 0.25) is 0 Å². The molecule has 0 bridgehead atoms. The van der Waals surface area contributed by atoms with Gasteiger partial charge in [0.25, 0.3) is 0 Å². The van der Waals surface area contributed by atoms with E-state index < -0.39 is 12.2 Å². The van der Waals surface area contributed by atoms with Gasteiger partial charge in [0, 0.05) is 23.1 Å². The molecular weight excluding hydrogens is 460 g/mol. The molecular formula is C28H28N2O6. The first-order valence-electron chi connectivity index (χ1n) is 11.6. The molecule has 0 amide bonds. The minimum Gasteiger partial charge on any atom is -0.493 e. The zero-order valence-electron chi connectivity index (χ0n) is 20.9. The van der Waals surface area contributed by atoms with E-state index >= 15 is 0 Å². The molecule has 0 aromatic heterocycles. The zero-order chi connectivity index (χ0) is 25.6. The number of rotatable bonds is 6. The van der Waals surface area contributed by atoms with Crippen molar-refractivity contribution in [1.29, 1.82) is 0 Å². The van der Waals surface area contributed by atoms with Crippen molar-refractivity contribution >= 4 is 11.7 Å². The molecule has 0 saturated heterocycles. The Morgan fingerprint density at radius 2 is 1.78 bits per heavy atom. The third-order valence-electron chi connectivity index (χ3n) is 6.76. The van der Waals surface area contributed by atoms with Crippen molar-refractivity contribution in [2.24, 2.45) is 5.10 Å². The standard InChI is InChI=1S/C28H28N2O6/c1-15-9-10-16(2)19(13-15)20-14-21-17-7-6-8-22(33-3)25(17)36-27(30(21)29-20)18-11-12-23(34-4)26(35-5)24(18)28(31)32/h6-13,21,27H,14H2,1-5H3,(H,31,32)/t21-,27+/m0/s1. The third kappa shape index (κ3) is 3.69. The summed E-state index contributed by atoms with van der Waals surface area (Å²) >= 11 is 0. The first kappa shape index (κ1) is 23.5. The molecule has 3 aromatic rings. The van der Waals surface area contributed by atoms with Crippen LogP contribution in [0.3, 0.4) is 0 Å². The van der Waals surface area contributed by atoms with Gasteiger partial charge >= 0.3 is 5.97 Å². The van der Waals surface area contributed by atoms with Crippen LogP contribution in [0.5, 0.6) is 23.0 Å². The number of aryl methyl sites for hydroxylation is 2. The fourth-order valence-corrected chi connectivity index (χ4v) is 5.03. The minimum absolute atomic E-state index is 0.0330. The van der Waals surface area contributed by atoms with Gasteiger partial charge in [0.1, 0.15) is 5.56 Å². The van der Waals surface area contributed by atoms with Gasteiger partial charge in [0.05, 0.1) is 33.1 Å². The SMILES string of the molecule is COc1cccc2c1O[C@H](c1ccc(OC)c(OC)c1C(=O)O)N1N=C(c3cc(C)ccc3C)C[C@@H]21. The largest absolute Gasteiger partial charge is 0.493 e. The van der Waals surface area contributed by atoms with E-state index in [9.17, 15) is 9.90 Å². The quantitative estimate of drug-likeness (QED) is 0.506. The second kappa shape index (κ2) is 9.11. The summed E-state index contributed by atoms with van der Waals surface area (Å²) in [5, 5.41) is 17.1. The van der Waals surface area contributed by atoms with Crippen molar-refractivity contribution in [2.45, 2.75) is 32.5 Å². The predicted molar refractivity (Wildman–Crippen MR) is 135 cm³/mol. The van der Waals surface area contributed by atoms with Gasteiger partial charge in [-0.15, -0.1) is 0 Å². The van der Waals surface area contributed by atoms with Crippen LogP contribution in [0.15, 0.2) is 53.6 Å². The molecule has 8 nitrogen and oxygen atoms in total. The number of para-hydroxylation sites is 1. The lowest BCUT2D eigenvalue weighted by molar-refractivity contribution is -0.0217. The summed E-state index contributed by atoms with van der Waals surface area (Å²) in [6, 6.07) is 15.3. The van der Waals surface area contributed by atoms with Crippen LogP contribution in [0.1, 0.15) is 56.9 Å². The Morgan fingerprint density at radius 1 is 1.00 bits per heavy atom. The number of carboxylic acid groups (broad SMARTS) is 1. The molecule has 2 aliphatic heterocycles. The summed E-state index contributed by atoms with van der Waals surface area (Å²) in [6.07, 6.45) is -0.188. The van der Waals surface area contributed by atoms with Gasteiger partial charge in [-0.1, -0.05) is 29.8 Å². The van der Waals surface area contributed by atoms with Crippen molar-refractivity contribution in [2.75, 3.05) is 21.3 Å². The van der Waals surface area contributed by atoms with Gasteiger partial charge in [-0.05, 0) is 43.7 Å². The number of methoxy groups -OCH3 is 3. The van der Waals surface area contributed by atoms with Crippen LogP contribution in [0.4, 0.5) is 0 Å². The van der Waals surface area contributed by atoms with Crippen LogP contribution in [0.25, 0.3) is 0 Å². The summed E-state index contributed by atoms with van der Waals surface area (Å²) in [4.78, 5) is 12.5. The third-order valence-corrected chi connectivity index (χ3v) is 6.76. The Balaban J connectivity index is 1.72. The van der Waals surface area contributed by atoms with Crippen LogP contribution >= 0.6 is 0 Å². The second-order valence-corrected chi connectivity index (χ2v) is 8.88. The topological polar surface area (TPSA) is 89.8 Å². The highest BCUT2D eigenvalue weighted by Gasteiger charge is 2.44. The number of hydrogen-bond donors (Lipinski definition) is 1. The fourth-order valence-electron chi connectivity index (χ4n) is 5.03. The van der Waals surface area contributed by atoms with E-state index in [2.05, 4.69) is 32.0 Å². The van der Waals surface area contributed by atoms with E-state index in [1.54, 1.807) is 19.2 Å². The number of ether oxygens (including phenoxy) is 4. The highest BCUT2D eigenvalue weighted by atomic mass is 16.5. The molecule has 0 radical (unpaired) electrons. The maximum absolute atomic E-state index is 12.5. The normalized spacial score (nSPS) is 18.0. The van der Waals surface area contributed by atoms with Gasteiger partial charge in [0.15, 0.2) is 23.0 Å². The molecule has 2 atom stereocenters. The Bertz CT molecular complexity index is 1380. The van der Waals surface area contributed by atoms with Crippen molar-refractivity contribution < 1.29 is 28.8 Å². The molecule has 0 saturated carbocycles. The molecule has 0 fully saturated rings. The molecule has 0 unspecified atom stereocenters. The summed E-state index contributed by atoms with van der Waals surface area (Å²) in [5.74, 6) is 0.463. The van der Waals surface area contributed by atoms with Crippen molar-refractivity contribution in [3.05, 3.63) is 81.9 Å². The first-order chi connectivity index (χ1) is 17.4. The van der Waals surface area contributed by atoms with Crippen molar-refractivity contribution in [3.63, 3.8) is 0 Å². The van der Waals surface area contributed by atoms with Gasteiger partial charge in [-0.3, -0.25) is 0 Å². The van der Waals surface area contributed by atoms with Crippen LogP contribution in [-0.4, -0.2) is 43.1 Å². The monoisotopic (exact) mass is 488 g/mol. The number of carboxylic acids is 1. The smallest absolute Gasteiger partial charge is 0.340 e. The van der Waals surface area contributed by atoms with E-state index in [1.807, 2.05) is 23.2 Å². The molecule has 2 aliphatic rings. The van der Waals surface area contributed by atoms with Gasteiger partial charge in [-0.25, -0.2) is 9.80 Å². The highest BCUT2D eigenvalue weighted by Crippen LogP contribution is 2.52. The number of aromatic carboxylic acids is 1. The molecule has 8 heteroatoms. The lowest BCUT2D eigenvalue weighted by Gasteiger charge is -2.39. The fraction of sp³-hybridized carbons (Fsp3) is 0.286. The van der Waals surface area contributed by atoms with Crippen molar-refractivity contribution in [1.82, 2.24) is 5.01 Å². The van der Waals surface area contributed by atoms with E-state index in [1.165, 1.54) is 14.2 Å². The van der Waals surface area contributed by atoms with Crippen LogP contribution in [-0.2, 0) is 0 Å². The maximum Gasteiger partial charge on any atom is 0.340 e. The van der Waals surface area contributed by atoms with Gasteiger partial charge in [-0.2, -0.15) is 5.10 Å². The van der Waals surface area contributed by atoms with Crippen LogP contribution in [0, 0.1) is 13.8 Å². The Kier molecular flexibility index (Phi) is 5.96. The summed E-state index contributed by atoms with van der Waals surface area (Å²) in [7, 11) is 4.48. The van der Waals surface area contributed by atoms with Gasteiger partial charge < -0.3 is 24.1 Å². The number of carbonyl (C=O) groups is 1. The van der Waals surface area contributed by atoms with E-state index in [0.717, 1.165) is 28.0 Å². The first-order valence-corrected chi connectivity index (χ1v) is 11.6. The van der Waals surface area contributed by atoms with Gasteiger partial charge in [0.2, 0.25) is 6.23 Å². The summed E-state index contributed by atoms with van der Waals surface area (Å²) < 4.78 is 22.9. The van der Waals surface area contributed by atoms with E-state index in [-0.39, 0.29) is 17.4 Å². The molecule has 0 spiro atoms. The Hall–Kier alpha value is -4.20. The maximum atomic E-state index is 12.5. The zero-order valence-corrected chi connectivity index (χ0v) is 20.9. The number of fused-ring (bicyclic) bond motifs is 3. The number of hydrazone groups is 1. The number of hydrogen-bond acceptors (Lipinski definition) is 7. The average Bonchev–Trinajstić information content (AvgIpc) is 3.33. The molecule has 186 valence electrons. The lowest BCUT2D eigenvalue weighted by Crippen LogP contribution is -2.35. The van der Waals surface area contributed by atoms with E-state index in [0.29, 0.717) is 29.2 Å². The van der Waals surface area contributed by atoms with E-state index in [4.69, 9.17) is 24.0 Å². The minimum atomic E-state index is -1.15. The number of benzene rings is 3. The molecule has 0 aliphatic carbocycles. The molecule has 3 aromatic carbocycles. The average molecular weight is 489 g/mol. The van der Waals surface area contributed by atoms with Crippen molar-refractivity contribution in [3.8, 4) is 23.0 Å². The molecule has 2 heterocycles. The molecule has 36 heavy (non-hydrogen) atoms. The summed E-state index contributed by atoms with van der Waals surface area (Å²) in [5.41, 5.74) is 5.57. The Labute approximate surface area is 209 Å². The second-order valence-electron chi connectivity index (χ2n) is 8.88. The highest BCUT2D eigenvalue weighted by molar-refractivity contribution is 6.03. The summed E-state index contributed by atoms with van der Waals surface area (Å²) in [6.45, 7) is 4.12. The lowest BCUT2D eigenvalue weighted by atomic mass is 9.93. The molecule has 5 rings (SSSR count). The Morgan fingerprint density at radius 3 is 2.47 bits per heavy atom.